The van der Waals surface area contributed by atoms with Gasteiger partial charge in [0.25, 0.3) is 0 Å². The lowest BCUT2D eigenvalue weighted by Gasteiger charge is -2.30. The molecule has 3 aromatic heterocycles. The number of halogens is 2. The number of fused-ring (bicyclic) bond motifs is 2. The molecule has 36 heavy (non-hydrogen) atoms. The Bertz CT molecular complexity index is 1400. The first-order valence-corrected chi connectivity index (χ1v) is 12.2. The van der Waals surface area contributed by atoms with Crippen molar-refractivity contribution in [2.75, 3.05) is 20.8 Å². The van der Waals surface area contributed by atoms with E-state index < -0.39 is 12.0 Å². The number of hydrogen-bond acceptors (Lipinski definition) is 8. The highest BCUT2D eigenvalue weighted by atomic mass is 35.5. The SMILES string of the molecule is COc1cc2c(Cl)ccnc2cc1OC[C@@H]1C[C@@H](OC(C)(C)OC)[C@H](n2ccc3c(Cl)ncnc32)O1. The van der Waals surface area contributed by atoms with E-state index in [-0.39, 0.29) is 18.8 Å². The van der Waals surface area contributed by atoms with E-state index in [0.29, 0.717) is 39.3 Å². The molecule has 1 saturated heterocycles. The highest BCUT2D eigenvalue weighted by molar-refractivity contribution is 6.35. The van der Waals surface area contributed by atoms with Crippen molar-refractivity contribution in [3.63, 3.8) is 0 Å². The maximum atomic E-state index is 6.44. The molecule has 0 bridgehead atoms. The van der Waals surface area contributed by atoms with E-state index in [2.05, 4.69) is 15.0 Å². The number of nitrogens with zero attached hydrogens (tertiary/aromatic N) is 4. The third-order valence-corrected chi connectivity index (χ3v) is 6.84. The summed E-state index contributed by atoms with van der Waals surface area (Å²) in [4.78, 5) is 12.9. The molecule has 0 N–H and O–H groups in total. The maximum Gasteiger partial charge on any atom is 0.163 e. The van der Waals surface area contributed by atoms with Crippen LogP contribution in [0, 0.1) is 0 Å². The predicted molar refractivity (Wildman–Crippen MR) is 136 cm³/mol. The van der Waals surface area contributed by atoms with Crippen LogP contribution in [0.2, 0.25) is 10.2 Å². The van der Waals surface area contributed by atoms with Crippen molar-refractivity contribution in [2.24, 2.45) is 0 Å². The van der Waals surface area contributed by atoms with Gasteiger partial charge in [0.05, 0.1) is 29.1 Å². The van der Waals surface area contributed by atoms with Crippen LogP contribution < -0.4 is 9.47 Å². The first-order chi connectivity index (χ1) is 17.3. The molecule has 0 amide bonds. The van der Waals surface area contributed by atoms with Gasteiger partial charge in [-0.1, -0.05) is 23.2 Å². The molecular formula is C25H26Cl2N4O5. The minimum absolute atomic E-state index is 0.265. The van der Waals surface area contributed by atoms with Gasteiger partial charge in [-0.2, -0.15) is 0 Å². The summed E-state index contributed by atoms with van der Waals surface area (Å²) in [5.41, 5.74) is 1.37. The second-order valence-electron chi connectivity index (χ2n) is 8.89. The van der Waals surface area contributed by atoms with Crippen molar-refractivity contribution in [3.8, 4) is 11.5 Å². The molecule has 0 spiro atoms. The number of aromatic nitrogens is 4. The first-order valence-electron chi connectivity index (χ1n) is 11.4. The van der Waals surface area contributed by atoms with E-state index in [1.54, 1.807) is 26.5 Å². The summed E-state index contributed by atoms with van der Waals surface area (Å²) < 4.78 is 31.9. The van der Waals surface area contributed by atoms with Crippen LogP contribution in [0.25, 0.3) is 21.9 Å². The zero-order valence-corrected chi connectivity index (χ0v) is 21.8. The lowest BCUT2D eigenvalue weighted by Crippen LogP contribution is -2.35. The number of hydrogen-bond donors (Lipinski definition) is 0. The quantitative estimate of drug-likeness (QED) is 0.219. The summed E-state index contributed by atoms with van der Waals surface area (Å²) in [5, 5.41) is 2.49. The predicted octanol–water partition coefficient (Wildman–Crippen LogP) is 5.43. The van der Waals surface area contributed by atoms with Gasteiger partial charge in [0.15, 0.2) is 23.5 Å². The van der Waals surface area contributed by atoms with Gasteiger partial charge in [0.1, 0.15) is 29.8 Å². The Kier molecular flexibility index (Phi) is 6.93. The Labute approximate surface area is 218 Å². The Hall–Kier alpha value is -2.69. The Balaban J connectivity index is 1.40. The van der Waals surface area contributed by atoms with Gasteiger partial charge in [-0.3, -0.25) is 4.98 Å². The highest BCUT2D eigenvalue weighted by Crippen LogP contribution is 2.38. The summed E-state index contributed by atoms with van der Waals surface area (Å²) in [6.45, 7) is 3.98. The van der Waals surface area contributed by atoms with E-state index >= 15 is 0 Å². The van der Waals surface area contributed by atoms with Crippen LogP contribution in [0.1, 0.15) is 26.5 Å². The summed E-state index contributed by atoms with van der Waals surface area (Å²) in [6.07, 6.45) is 4.43. The molecule has 3 atom stereocenters. The summed E-state index contributed by atoms with van der Waals surface area (Å²) in [5.74, 6) is 0.292. The largest absolute Gasteiger partial charge is 0.493 e. The second-order valence-corrected chi connectivity index (χ2v) is 9.66. The number of benzene rings is 1. The average Bonchev–Trinajstić information content (AvgIpc) is 3.46. The average molecular weight is 533 g/mol. The monoisotopic (exact) mass is 532 g/mol. The number of methoxy groups -OCH3 is 2. The van der Waals surface area contributed by atoms with E-state index in [1.165, 1.54) is 6.33 Å². The Morgan fingerprint density at radius 2 is 1.92 bits per heavy atom. The van der Waals surface area contributed by atoms with E-state index in [9.17, 15) is 0 Å². The smallest absolute Gasteiger partial charge is 0.163 e. The fraction of sp³-hybridized carbons (Fsp3) is 0.400. The molecule has 0 aliphatic carbocycles. The number of pyridine rings is 1. The zero-order valence-electron chi connectivity index (χ0n) is 20.3. The molecule has 1 fully saturated rings. The van der Waals surface area contributed by atoms with Crippen LogP contribution in [0.3, 0.4) is 0 Å². The number of rotatable bonds is 8. The van der Waals surface area contributed by atoms with Crippen LogP contribution >= 0.6 is 23.2 Å². The summed E-state index contributed by atoms with van der Waals surface area (Å²) >= 11 is 12.6. The zero-order chi connectivity index (χ0) is 25.4. The van der Waals surface area contributed by atoms with Crippen molar-refractivity contribution in [3.05, 3.63) is 53.2 Å². The summed E-state index contributed by atoms with van der Waals surface area (Å²) in [7, 11) is 3.19. The van der Waals surface area contributed by atoms with Crippen LogP contribution in [0.4, 0.5) is 0 Å². The lowest BCUT2D eigenvalue weighted by atomic mass is 10.1. The Morgan fingerprint density at radius 3 is 2.69 bits per heavy atom. The molecule has 1 aliphatic heterocycles. The molecule has 0 radical (unpaired) electrons. The molecule has 5 rings (SSSR count). The van der Waals surface area contributed by atoms with Gasteiger partial charge in [0.2, 0.25) is 0 Å². The van der Waals surface area contributed by atoms with Crippen LogP contribution in [0.5, 0.6) is 11.5 Å². The highest BCUT2D eigenvalue weighted by Gasteiger charge is 2.41. The fourth-order valence-electron chi connectivity index (χ4n) is 4.31. The molecular weight excluding hydrogens is 507 g/mol. The van der Waals surface area contributed by atoms with Crippen molar-refractivity contribution < 1.29 is 23.7 Å². The topological polar surface area (TPSA) is 89.8 Å². The first kappa shape index (κ1) is 25.0. The minimum atomic E-state index is -0.815. The molecule has 11 heteroatoms. The maximum absolute atomic E-state index is 6.44. The van der Waals surface area contributed by atoms with Gasteiger partial charge in [0, 0.05) is 37.4 Å². The molecule has 4 aromatic rings. The molecule has 1 aromatic carbocycles. The number of ether oxygens (including phenoxy) is 5. The van der Waals surface area contributed by atoms with Gasteiger partial charge in [-0.15, -0.1) is 0 Å². The molecule has 0 saturated carbocycles. The van der Waals surface area contributed by atoms with Crippen LogP contribution in [0.15, 0.2) is 43.0 Å². The van der Waals surface area contributed by atoms with Gasteiger partial charge >= 0.3 is 0 Å². The van der Waals surface area contributed by atoms with E-state index in [0.717, 1.165) is 10.8 Å². The van der Waals surface area contributed by atoms with Crippen LogP contribution in [-0.2, 0) is 14.2 Å². The van der Waals surface area contributed by atoms with Gasteiger partial charge in [-0.25, -0.2) is 9.97 Å². The molecule has 1 aliphatic rings. The van der Waals surface area contributed by atoms with Crippen molar-refractivity contribution in [2.45, 2.75) is 44.5 Å². The van der Waals surface area contributed by atoms with Crippen molar-refractivity contribution >= 4 is 45.1 Å². The van der Waals surface area contributed by atoms with Gasteiger partial charge < -0.3 is 28.3 Å². The van der Waals surface area contributed by atoms with E-state index in [1.807, 2.05) is 42.8 Å². The molecule has 0 unspecified atom stereocenters. The van der Waals surface area contributed by atoms with Crippen LogP contribution in [-0.4, -0.2) is 58.3 Å². The third-order valence-electron chi connectivity index (χ3n) is 6.21. The standard InChI is InChI=1S/C25H26Cl2N4O5/c1-25(2,33-4)36-21-9-14(35-24(21)31-8-6-15-22(27)29-13-30-23(15)31)12-34-20-11-18-16(10-19(20)32-3)17(26)5-7-28-18/h5-8,10-11,13-14,21,24H,9,12H2,1-4H3/t14-,21+,24+/m0/s1. The second kappa shape index (κ2) is 9.99. The summed E-state index contributed by atoms with van der Waals surface area (Å²) in [6, 6.07) is 7.23. The minimum Gasteiger partial charge on any atom is -0.493 e. The van der Waals surface area contributed by atoms with Crippen molar-refractivity contribution in [1.82, 2.24) is 19.5 Å². The van der Waals surface area contributed by atoms with E-state index in [4.69, 9.17) is 46.9 Å². The molecule has 9 nitrogen and oxygen atoms in total. The van der Waals surface area contributed by atoms with Crippen molar-refractivity contribution in [1.29, 1.82) is 0 Å². The Morgan fingerprint density at radius 1 is 1.08 bits per heavy atom. The normalized spacial score (nSPS) is 20.3. The third kappa shape index (κ3) is 4.81. The lowest BCUT2D eigenvalue weighted by molar-refractivity contribution is -0.237. The van der Waals surface area contributed by atoms with Gasteiger partial charge in [-0.05, 0) is 32.0 Å². The molecule has 190 valence electrons. The fourth-order valence-corrected chi connectivity index (χ4v) is 4.71. The molecule has 4 heterocycles.